The highest BCUT2D eigenvalue weighted by Gasteiger charge is 2.20. The molecule has 0 heterocycles. The molecule has 0 aliphatic heterocycles. The van der Waals surface area contributed by atoms with Gasteiger partial charge in [-0.3, -0.25) is 14.9 Å². The van der Waals surface area contributed by atoms with Crippen molar-refractivity contribution < 1.29 is 14.5 Å². The van der Waals surface area contributed by atoms with Crippen molar-refractivity contribution in [2.45, 2.75) is 26.8 Å². The van der Waals surface area contributed by atoms with Crippen molar-refractivity contribution in [1.29, 1.82) is 0 Å². The summed E-state index contributed by atoms with van der Waals surface area (Å²) in [4.78, 5) is 22.4. The monoisotopic (exact) mass is 295 g/mol. The summed E-state index contributed by atoms with van der Waals surface area (Å²) in [6.45, 7) is 6.77. The van der Waals surface area contributed by atoms with Crippen molar-refractivity contribution >= 4 is 17.3 Å². The number of nitrogen functional groups attached to an aromatic ring is 1. The van der Waals surface area contributed by atoms with Crippen LogP contribution in [0.15, 0.2) is 18.2 Å². The number of nitrogens with two attached hydrogens (primary N) is 1. The van der Waals surface area contributed by atoms with Crippen LogP contribution in [0.25, 0.3) is 0 Å². The summed E-state index contributed by atoms with van der Waals surface area (Å²) in [7, 11) is 0. The first-order chi connectivity index (χ1) is 9.86. The van der Waals surface area contributed by atoms with Crippen LogP contribution in [-0.4, -0.2) is 30.1 Å². The molecule has 0 aromatic heterocycles. The predicted octanol–water partition coefficient (Wildman–Crippen LogP) is 1.97. The maximum Gasteiger partial charge on any atom is 0.292 e. The first-order valence-electron chi connectivity index (χ1n) is 6.79. The predicted molar refractivity (Wildman–Crippen MR) is 80.1 cm³/mol. The normalized spacial score (nSPS) is 12.2. The zero-order chi connectivity index (χ0) is 16.0. The second-order valence-corrected chi connectivity index (χ2v) is 5.01. The first kappa shape index (κ1) is 16.9. The van der Waals surface area contributed by atoms with Gasteiger partial charge in [0.2, 0.25) is 0 Å². The number of hydrogen-bond donors (Lipinski definition) is 2. The van der Waals surface area contributed by atoms with E-state index in [2.05, 4.69) is 5.32 Å². The highest BCUT2D eigenvalue weighted by atomic mass is 16.6. The standard InChI is InChI=1S/C14H21N3O4/c1-4-21-8-12(9(2)3)16-14(18)10-5-6-11(15)13(7-10)17(19)20/h5-7,9,12H,4,8,15H2,1-3H3,(H,16,18). The van der Waals surface area contributed by atoms with Crippen molar-refractivity contribution in [3.8, 4) is 0 Å². The van der Waals surface area contributed by atoms with E-state index in [0.717, 1.165) is 0 Å². The van der Waals surface area contributed by atoms with Crippen LogP contribution in [0, 0.1) is 16.0 Å². The number of anilines is 1. The van der Waals surface area contributed by atoms with Gasteiger partial charge in [-0.25, -0.2) is 0 Å². The van der Waals surface area contributed by atoms with Crippen LogP contribution in [-0.2, 0) is 4.74 Å². The molecule has 0 aliphatic carbocycles. The fourth-order valence-corrected chi connectivity index (χ4v) is 1.74. The minimum atomic E-state index is -0.605. The second-order valence-electron chi connectivity index (χ2n) is 5.01. The van der Waals surface area contributed by atoms with Crippen LogP contribution < -0.4 is 11.1 Å². The van der Waals surface area contributed by atoms with Gasteiger partial charge in [0.15, 0.2) is 0 Å². The SMILES string of the molecule is CCOCC(NC(=O)c1ccc(N)c([N+](=O)[O-])c1)C(C)C. The van der Waals surface area contributed by atoms with Gasteiger partial charge in [-0.1, -0.05) is 13.8 Å². The molecule has 21 heavy (non-hydrogen) atoms. The Morgan fingerprint density at radius 2 is 2.14 bits per heavy atom. The third-order valence-electron chi connectivity index (χ3n) is 3.11. The Kier molecular flexibility index (Phi) is 6.10. The Bertz CT molecular complexity index is 517. The Morgan fingerprint density at radius 1 is 1.48 bits per heavy atom. The number of carbonyl (C=O) groups is 1. The molecule has 3 N–H and O–H groups in total. The van der Waals surface area contributed by atoms with Crippen molar-refractivity contribution in [1.82, 2.24) is 5.32 Å². The number of benzene rings is 1. The highest BCUT2D eigenvalue weighted by molar-refractivity contribution is 5.95. The molecular formula is C14H21N3O4. The van der Waals surface area contributed by atoms with E-state index in [1.807, 2.05) is 20.8 Å². The summed E-state index contributed by atoms with van der Waals surface area (Å²) in [5, 5.41) is 13.7. The van der Waals surface area contributed by atoms with Crippen molar-refractivity contribution in [2.24, 2.45) is 5.92 Å². The Morgan fingerprint density at radius 3 is 2.67 bits per heavy atom. The lowest BCUT2D eigenvalue weighted by Crippen LogP contribution is -2.41. The molecule has 1 amide bonds. The number of ether oxygens (including phenoxy) is 1. The van der Waals surface area contributed by atoms with Gasteiger partial charge in [0.25, 0.3) is 11.6 Å². The minimum Gasteiger partial charge on any atom is -0.393 e. The summed E-state index contributed by atoms with van der Waals surface area (Å²) in [6.07, 6.45) is 0. The van der Waals surface area contributed by atoms with Crippen LogP contribution in [0.4, 0.5) is 11.4 Å². The maximum atomic E-state index is 12.2. The van der Waals surface area contributed by atoms with Gasteiger partial charge in [0, 0.05) is 18.2 Å². The lowest BCUT2D eigenvalue weighted by atomic mass is 10.0. The largest absolute Gasteiger partial charge is 0.393 e. The molecule has 1 aromatic rings. The zero-order valence-corrected chi connectivity index (χ0v) is 12.5. The summed E-state index contributed by atoms with van der Waals surface area (Å²) < 4.78 is 5.33. The van der Waals surface area contributed by atoms with E-state index >= 15 is 0 Å². The van der Waals surface area contributed by atoms with Crippen molar-refractivity contribution in [3.63, 3.8) is 0 Å². The summed E-state index contributed by atoms with van der Waals surface area (Å²) in [5.74, 6) is -0.194. The number of hydrogen-bond acceptors (Lipinski definition) is 5. The molecule has 1 atom stereocenters. The molecular weight excluding hydrogens is 274 g/mol. The van der Waals surface area contributed by atoms with Gasteiger partial charge < -0.3 is 15.8 Å². The maximum absolute atomic E-state index is 12.2. The number of nitrogens with one attached hydrogen (secondary N) is 1. The van der Waals surface area contributed by atoms with Gasteiger partial charge in [-0.15, -0.1) is 0 Å². The summed E-state index contributed by atoms with van der Waals surface area (Å²) >= 11 is 0. The number of nitro groups is 1. The first-order valence-corrected chi connectivity index (χ1v) is 6.79. The van der Waals surface area contributed by atoms with Crippen LogP contribution in [0.3, 0.4) is 0 Å². The minimum absolute atomic E-state index is 0.0336. The smallest absolute Gasteiger partial charge is 0.292 e. The number of carbonyl (C=O) groups excluding carboxylic acids is 1. The number of nitro benzene ring substituents is 1. The molecule has 1 unspecified atom stereocenters. The molecule has 7 nitrogen and oxygen atoms in total. The van der Waals surface area contributed by atoms with Crippen LogP contribution in [0.1, 0.15) is 31.1 Å². The van der Waals surface area contributed by atoms with Crippen LogP contribution in [0.2, 0.25) is 0 Å². The topological polar surface area (TPSA) is 107 Å². The lowest BCUT2D eigenvalue weighted by Gasteiger charge is -2.22. The average molecular weight is 295 g/mol. The molecule has 116 valence electrons. The van der Waals surface area contributed by atoms with Gasteiger partial charge in [-0.05, 0) is 25.0 Å². The summed E-state index contributed by atoms with van der Waals surface area (Å²) in [6, 6.07) is 3.85. The van der Waals surface area contributed by atoms with E-state index in [1.54, 1.807) is 0 Å². The Balaban J connectivity index is 2.87. The molecule has 0 bridgehead atoms. The number of nitrogens with zero attached hydrogens (tertiary/aromatic N) is 1. The lowest BCUT2D eigenvalue weighted by molar-refractivity contribution is -0.383. The van der Waals surface area contributed by atoms with E-state index in [1.165, 1.54) is 18.2 Å². The second kappa shape index (κ2) is 7.58. The Labute approximate surface area is 123 Å². The van der Waals surface area contributed by atoms with E-state index in [-0.39, 0.29) is 34.8 Å². The van der Waals surface area contributed by atoms with Crippen molar-refractivity contribution in [3.05, 3.63) is 33.9 Å². The van der Waals surface area contributed by atoms with Gasteiger partial charge in [-0.2, -0.15) is 0 Å². The molecule has 1 rings (SSSR count). The molecule has 7 heteroatoms. The third-order valence-corrected chi connectivity index (χ3v) is 3.11. The van der Waals surface area contributed by atoms with E-state index < -0.39 is 4.92 Å². The third kappa shape index (κ3) is 4.71. The summed E-state index contributed by atoms with van der Waals surface area (Å²) in [5.41, 5.74) is 5.48. The zero-order valence-electron chi connectivity index (χ0n) is 12.5. The fourth-order valence-electron chi connectivity index (χ4n) is 1.74. The molecule has 0 radical (unpaired) electrons. The quantitative estimate of drug-likeness (QED) is 0.454. The molecule has 0 saturated carbocycles. The van der Waals surface area contributed by atoms with Gasteiger partial charge >= 0.3 is 0 Å². The number of rotatable bonds is 7. The van der Waals surface area contributed by atoms with E-state index in [0.29, 0.717) is 13.2 Å². The van der Waals surface area contributed by atoms with Crippen LogP contribution >= 0.6 is 0 Å². The average Bonchev–Trinajstić information content (AvgIpc) is 2.42. The van der Waals surface area contributed by atoms with E-state index in [4.69, 9.17) is 10.5 Å². The fraction of sp³-hybridized carbons (Fsp3) is 0.500. The molecule has 0 fully saturated rings. The van der Waals surface area contributed by atoms with Crippen LogP contribution in [0.5, 0.6) is 0 Å². The molecule has 0 saturated heterocycles. The van der Waals surface area contributed by atoms with Gasteiger partial charge in [0.05, 0.1) is 17.6 Å². The molecule has 0 spiro atoms. The molecule has 1 aromatic carbocycles. The van der Waals surface area contributed by atoms with Gasteiger partial charge in [0.1, 0.15) is 5.69 Å². The molecule has 0 aliphatic rings. The number of amides is 1. The van der Waals surface area contributed by atoms with Crippen molar-refractivity contribution in [2.75, 3.05) is 18.9 Å². The highest BCUT2D eigenvalue weighted by Crippen LogP contribution is 2.22. The van der Waals surface area contributed by atoms with E-state index in [9.17, 15) is 14.9 Å². The Hall–Kier alpha value is -2.15.